The molecule has 2 rings (SSSR count). The van der Waals surface area contributed by atoms with Gasteiger partial charge in [0, 0.05) is 29.1 Å². The minimum Gasteiger partial charge on any atom is -0.352 e. The first-order valence-electron chi connectivity index (χ1n) is 10.9. The standard InChI is InChI=1S/C25H32Cl2N2O2/c1-5-17(3)28-25(31)18(4)29(16-21-12-13-22(26)15-23(21)27)24(30)14-11-20-9-7-19(6-2)8-10-20/h7-10,12-13,15,17-18H,5-6,11,14,16H2,1-4H3,(H,28,31)/t17-,18-/m1/s1. The van der Waals surface area contributed by atoms with Crippen LogP contribution < -0.4 is 5.32 Å². The number of benzene rings is 2. The van der Waals surface area contributed by atoms with Crippen molar-refractivity contribution < 1.29 is 9.59 Å². The van der Waals surface area contributed by atoms with E-state index in [1.54, 1.807) is 30.0 Å². The quantitative estimate of drug-likeness (QED) is 0.483. The average molecular weight is 463 g/mol. The molecule has 0 aromatic heterocycles. The predicted octanol–water partition coefficient (Wildman–Crippen LogP) is 5.82. The van der Waals surface area contributed by atoms with Gasteiger partial charge in [0.2, 0.25) is 11.8 Å². The van der Waals surface area contributed by atoms with Crippen LogP contribution in [0.5, 0.6) is 0 Å². The van der Waals surface area contributed by atoms with Gasteiger partial charge < -0.3 is 10.2 Å². The smallest absolute Gasteiger partial charge is 0.242 e. The third-order valence-corrected chi connectivity index (χ3v) is 6.17. The number of nitrogens with one attached hydrogen (secondary N) is 1. The third kappa shape index (κ3) is 7.55. The summed E-state index contributed by atoms with van der Waals surface area (Å²) in [6, 6.07) is 12.9. The number of rotatable bonds is 10. The van der Waals surface area contributed by atoms with Gasteiger partial charge in [-0.15, -0.1) is 0 Å². The second-order valence-corrected chi connectivity index (χ2v) is 8.76. The normalized spacial score (nSPS) is 12.8. The van der Waals surface area contributed by atoms with Crippen molar-refractivity contribution in [1.29, 1.82) is 0 Å². The van der Waals surface area contributed by atoms with Crippen molar-refractivity contribution in [2.45, 2.75) is 72.0 Å². The van der Waals surface area contributed by atoms with E-state index in [4.69, 9.17) is 23.2 Å². The number of nitrogens with zero attached hydrogens (tertiary/aromatic N) is 1. The van der Waals surface area contributed by atoms with E-state index in [1.165, 1.54) is 5.56 Å². The molecule has 1 N–H and O–H groups in total. The Morgan fingerprint density at radius 2 is 1.65 bits per heavy atom. The summed E-state index contributed by atoms with van der Waals surface area (Å²) in [5.41, 5.74) is 3.13. The van der Waals surface area contributed by atoms with Crippen LogP contribution in [0.15, 0.2) is 42.5 Å². The first kappa shape index (κ1) is 25.2. The molecule has 4 nitrogen and oxygen atoms in total. The number of carbonyl (C=O) groups is 2. The highest BCUT2D eigenvalue weighted by molar-refractivity contribution is 6.35. The number of hydrogen-bond donors (Lipinski definition) is 1. The molecule has 0 saturated carbocycles. The Morgan fingerprint density at radius 3 is 2.23 bits per heavy atom. The van der Waals surface area contributed by atoms with Gasteiger partial charge in [0.15, 0.2) is 0 Å². The van der Waals surface area contributed by atoms with Crippen LogP contribution in [0.1, 0.15) is 57.2 Å². The molecule has 2 amide bonds. The van der Waals surface area contributed by atoms with Crippen LogP contribution in [-0.2, 0) is 29.0 Å². The summed E-state index contributed by atoms with van der Waals surface area (Å²) in [4.78, 5) is 27.6. The SMILES string of the molecule is CCc1ccc(CCC(=O)N(Cc2ccc(Cl)cc2Cl)[C@H](C)C(=O)N[C@H](C)CC)cc1. The first-order valence-corrected chi connectivity index (χ1v) is 11.6. The van der Waals surface area contributed by atoms with Crippen molar-refractivity contribution in [3.8, 4) is 0 Å². The summed E-state index contributed by atoms with van der Waals surface area (Å²) in [6.45, 7) is 8.08. The van der Waals surface area contributed by atoms with E-state index >= 15 is 0 Å². The van der Waals surface area contributed by atoms with Gasteiger partial charge in [-0.2, -0.15) is 0 Å². The second-order valence-electron chi connectivity index (χ2n) is 7.92. The Balaban J connectivity index is 2.17. The fraction of sp³-hybridized carbons (Fsp3) is 0.440. The molecule has 31 heavy (non-hydrogen) atoms. The largest absolute Gasteiger partial charge is 0.352 e. The lowest BCUT2D eigenvalue weighted by Gasteiger charge is -2.30. The highest BCUT2D eigenvalue weighted by Crippen LogP contribution is 2.24. The summed E-state index contributed by atoms with van der Waals surface area (Å²) >= 11 is 12.4. The van der Waals surface area contributed by atoms with Gasteiger partial charge in [0.1, 0.15) is 6.04 Å². The van der Waals surface area contributed by atoms with E-state index in [9.17, 15) is 9.59 Å². The highest BCUT2D eigenvalue weighted by atomic mass is 35.5. The van der Waals surface area contributed by atoms with Crippen LogP contribution in [0, 0.1) is 0 Å². The topological polar surface area (TPSA) is 49.4 Å². The molecule has 0 bridgehead atoms. The summed E-state index contributed by atoms with van der Waals surface area (Å²) < 4.78 is 0. The van der Waals surface area contributed by atoms with E-state index in [0.717, 1.165) is 24.0 Å². The van der Waals surface area contributed by atoms with Crippen LogP contribution in [0.3, 0.4) is 0 Å². The summed E-state index contributed by atoms with van der Waals surface area (Å²) in [7, 11) is 0. The van der Waals surface area contributed by atoms with Gasteiger partial charge in [0.25, 0.3) is 0 Å². The van der Waals surface area contributed by atoms with E-state index in [0.29, 0.717) is 22.9 Å². The molecule has 2 aromatic rings. The Hall–Kier alpha value is -2.04. The van der Waals surface area contributed by atoms with E-state index in [2.05, 4.69) is 36.5 Å². The maximum atomic E-state index is 13.2. The molecule has 0 aliphatic heterocycles. The Morgan fingerprint density at radius 1 is 1.00 bits per heavy atom. The number of hydrogen-bond acceptors (Lipinski definition) is 2. The first-order chi connectivity index (χ1) is 14.7. The van der Waals surface area contributed by atoms with Gasteiger partial charge in [-0.3, -0.25) is 9.59 Å². The maximum Gasteiger partial charge on any atom is 0.242 e. The molecular weight excluding hydrogens is 431 g/mol. The van der Waals surface area contributed by atoms with Crippen molar-refractivity contribution in [3.05, 3.63) is 69.2 Å². The van der Waals surface area contributed by atoms with Crippen LogP contribution in [0.2, 0.25) is 10.0 Å². The summed E-state index contributed by atoms with van der Waals surface area (Å²) in [5.74, 6) is -0.252. The van der Waals surface area contributed by atoms with E-state index < -0.39 is 6.04 Å². The van der Waals surface area contributed by atoms with Gasteiger partial charge in [0.05, 0.1) is 0 Å². The van der Waals surface area contributed by atoms with Crippen molar-refractivity contribution in [1.82, 2.24) is 10.2 Å². The minimum absolute atomic E-state index is 0.0445. The van der Waals surface area contributed by atoms with Crippen LogP contribution in [0.4, 0.5) is 0 Å². The lowest BCUT2D eigenvalue weighted by molar-refractivity contribution is -0.140. The molecule has 0 aliphatic carbocycles. The number of aryl methyl sites for hydroxylation is 2. The lowest BCUT2D eigenvalue weighted by atomic mass is 10.0. The number of amides is 2. The molecular formula is C25H32Cl2N2O2. The lowest BCUT2D eigenvalue weighted by Crippen LogP contribution is -2.49. The van der Waals surface area contributed by atoms with Crippen LogP contribution in [0.25, 0.3) is 0 Å². The molecule has 6 heteroatoms. The van der Waals surface area contributed by atoms with E-state index in [1.807, 2.05) is 13.8 Å². The molecule has 0 radical (unpaired) electrons. The zero-order valence-corrected chi connectivity index (χ0v) is 20.3. The molecule has 0 fully saturated rings. The maximum absolute atomic E-state index is 13.2. The van der Waals surface area contributed by atoms with Crippen LogP contribution in [-0.4, -0.2) is 28.8 Å². The third-order valence-electron chi connectivity index (χ3n) is 5.58. The fourth-order valence-electron chi connectivity index (χ4n) is 3.22. The molecule has 0 aliphatic rings. The van der Waals surface area contributed by atoms with Crippen molar-refractivity contribution in [3.63, 3.8) is 0 Å². The molecule has 2 aromatic carbocycles. The molecule has 0 unspecified atom stereocenters. The number of halogens is 2. The summed E-state index contributed by atoms with van der Waals surface area (Å²) in [6.07, 6.45) is 2.74. The van der Waals surface area contributed by atoms with Gasteiger partial charge >= 0.3 is 0 Å². The Labute approximate surface area is 195 Å². The Bertz CT molecular complexity index is 884. The predicted molar refractivity (Wildman–Crippen MR) is 129 cm³/mol. The van der Waals surface area contributed by atoms with E-state index in [-0.39, 0.29) is 24.4 Å². The average Bonchev–Trinajstić information content (AvgIpc) is 2.76. The Kier molecular flexibility index (Phi) is 9.86. The number of carbonyl (C=O) groups excluding carboxylic acids is 2. The van der Waals surface area contributed by atoms with Gasteiger partial charge in [-0.25, -0.2) is 0 Å². The van der Waals surface area contributed by atoms with Gasteiger partial charge in [-0.1, -0.05) is 67.4 Å². The molecule has 0 spiro atoms. The molecule has 0 saturated heterocycles. The molecule has 2 atom stereocenters. The second kappa shape index (κ2) is 12.1. The van der Waals surface area contributed by atoms with Crippen LogP contribution >= 0.6 is 23.2 Å². The van der Waals surface area contributed by atoms with Crippen molar-refractivity contribution in [2.24, 2.45) is 0 Å². The highest BCUT2D eigenvalue weighted by Gasteiger charge is 2.27. The fourth-order valence-corrected chi connectivity index (χ4v) is 3.69. The van der Waals surface area contributed by atoms with Crippen molar-refractivity contribution in [2.75, 3.05) is 0 Å². The minimum atomic E-state index is -0.615. The zero-order chi connectivity index (χ0) is 23.0. The molecule has 0 heterocycles. The monoisotopic (exact) mass is 462 g/mol. The zero-order valence-electron chi connectivity index (χ0n) is 18.8. The van der Waals surface area contributed by atoms with Gasteiger partial charge in [-0.05, 0) is 61.9 Å². The van der Waals surface area contributed by atoms with Crippen molar-refractivity contribution >= 4 is 35.0 Å². The summed E-state index contributed by atoms with van der Waals surface area (Å²) in [5, 5.41) is 3.99. The molecule has 168 valence electrons.